The molecule has 4 bridgehead atoms. The summed E-state index contributed by atoms with van der Waals surface area (Å²) >= 11 is 0. The molecule has 9 heteroatoms. The van der Waals surface area contributed by atoms with Crippen LogP contribution in [0, 0.1) is 23.2 Å². The predicted molar refractivity (Wildman–Crippen MR) is 90.7 cm³/mol. The predicted octanol–water partition coefficient (Wildman–Crippen LogP) is 2.32. The Labute approximate surface area is 155 Å². The maximum atomic E-state index is 12.9. The van der Waals surface area contributed by atoms with E-state index >= 15 is 0 Å². The van der Waals surface area contributed by atoms with E-state index in [1.54, 1.807) is 0 Å². The standard InChI is InChI=1S/C18H25F3N4O2/c1-10(17-6-11-3-12(7-17)5-13(4-11)8-17)22-14(26)9-25-16(27)24(2)15(23-25)18(19,20)21/h10-13H,3-9H2,1-2H3,(H,22,26)/t10-,11?,12?,13?,17?/m0/s1. The fourth-order valence-corrected chi connectivity index (χ4v) is 6.12. The first-order chi connectivity index (χ1) is 12.6. The number of carbonyl (C=O) groups excluding carboxylic acids is 1. The first-order valence-electron chi connectivity index (χ1n) is 9.58. The van der Waals surface area contributed by atoms with Crippen LogP contribution in [0.25, 0.3) is 0 Å². The number of hydrogen-bond acceptors (Lipinski definition) is 3. The SMILES string of the molecule is C[C@H](NC(=O)Cn1nc(C(F)(F)F)n(C)c1=O)C12CC3CC(CC(C3)C1)C2. The second-order valence-corrected chi connectivity index (χ2v) is 8.89. The highest BCUT2D eigenvalue weighted by atomic mass is 19.4. The normalized spacial score (nSPS) is 33.3. The van der Waals surface area contributed by atoms with E-state index in [-0.39, 0.29) is 11.5 Å². The van der Waals surface area contributed by atoms with Crippen LogP contribution in [-0.4, -0.2) is 26.3 Å². The Morgan fingerprint density at radius 1 is 1.22 bits per heavy atom. The van der Waals surface area contributed by atoms with Gasteiger partial charge in [-0.3, -0.25) is 9.36 Å². The van der Waals surface area contributed by atoms with E-state index in [1.807, 2.05) is 6.92 Å². The topological polar surface area (TPSA) is 68.9 Å². The van der Waals surface area contributed by atoms with E-state index < -0.39 is 30.1 Å². The number of rotatable bonds is 4. The minimum Gasteiger partial charge on any atom is -0.351 e. The Morgan fingerprint density at radius 3 is 2.19 bits per heavy atom. The van der Waals surface area contributed by atoms with Crippen LogP contribution in [0.2, 0.25) is 0 Å². The summed E-state index contributed by atoms with van der Waals surface area (Å²) in [6.07, 6.45) is 2.49. The summed E-state index contributed by atoms with van der Waals surface area (Å²) in [6.45, 7) is 1.49. The van der Waals surface area contributed by atoms with Crippen molar-refractivity contribution in [3.05, 3.63) is 16.3 Å². The lowest BCUT2D eigenvalue weighted by molar-refractivity contribution is -0.147. The Morgan fingerprint density at radius 2 is 1.74 bits per heavy atom. The van der Waals surface area contributed by atoms with Gasteiger partial charge in [-0.2, -0.15) is 13.2 Å². The van der Waals surface area contributed by atoms with E-state index in [0.29, 0.717) is 9.25 Å². The molecule has 150 valence electrons. The van der Waals surface area contributed by atoms with E-state index in [1.165, 1.54) is 19.3 Å². The third-order valence-corrected chi connectivity index (χ3v) is 6.97. The maximum absolute atomic E-state index is 12.9. The molecule has 1 atom stereocenters. The van der Waals surface area contributed by atoms with Crippen LogP contribution >= 0.6 is 0 Å². The summed E-state index contributed by atoms with van der Waals surface area (Å²) in [5, 5.41) is 6.25. The van der Waals surface area contributed by atoms with Crippen LogP contribution in [0.4, 0.5) is 13.2 Å². The highest BCUT2D eigenvalue weighted by molar-refractivity contribution is 5.76. The lowest BCUT2D eigenvalue weighted by Crippen LogP contribution is -2.56. The number of halogens is 3. The zero-order chi connectivity index (χ0) is 19.6. The molecule has 5 rings (SSSR count). The van der Waals surface area contributed by atoms with Gasteiger partial charge in [-0.05, 0) is 68.6 Å². The van der Waals surface area contributed by atoms with Crippen molar-refractivity contribution in [2.45, 2.75) is 64.2 Å². The van der Waals surface area contributed by atoms with Crippen LogP contribution < -0.4 is 11.0 Å². The molecule has 0 radical (unpaired) electrons. The minimum atomic E-state index is -4.73. The number of alkyl halides is 3. The molecule has 4 aliphatic rings. The molecular weight excluding hydrogens is 361 g/mol. The summed E-state index contributed by atoms with van der Waals surface area (Å²) in [7, 11) is 1.00. The van der Waals surface area contributed by atoms with Crippen molar-refractivity contribution < 1.29 is 18.0 Å². The lowest BCUT2D eigenvalue weighted by Gasteiger charge is -2.59. The molecule has 4 saturated carbocycles. The van der Waals surface area contributed by atoms with E-state index in [0.717, 1.165) is 44.1 Å². The monoisotopic (exact) mass is 386 g/mol. The first kappa shape index (κ1) is 18.6. The molecule has 0 saturated heterocycles. The van der Waals surface area contributed by atoms with Crippen molar-refractivity contribution in [1.29, 1.82) is 0 Å². The zero-order valence-corrected chi connectivity index (χ0v) is 15.6. The molecule has 1 amide bonds. The van der Waals surface area contributed by atoms with Gasteiger partial charge in [0.25, 0.3) is 0 Å². The van der Waals surface area contributed by atoms with Crippen molar-refractivity contribution in [3.63, 3.8) is 0 Å². The molecular formula is C18H25F3N4O2. The van der Waals surface area contributed by atoms with E-state index in [9.17, 15) is 22.8 Å². The van der Waals surface area contributed by atoms with Gasteiger partial charge in [-0.25, -0.2) is 9.48 Å². The average molecular weight is 386 g/mol. The van der Waals surface area contributed by atoms with Crippen LogP contribution in [0.1, 0.15) is 51.3 Å². The molecule has 4 fully saturated rings. The number of carbonyl (C=O) groups is 1. The van der Waals surface area contributed by atoms with Crippen molar-refractivity contribution in [1.82, 2.24) is 19.7 Å². The Hall–Kier alpha value is -1.80. The number of hydrogen-bond donors (Lipinski definition) is 1. The summed E-state index contributed by atoms with van der Waals surface area (Å²) in [5.41, 5.74) is -0.851. The summed E-state index contributed by atoms with van der Waals surface area (Å²) in [6, 6.07) is -0.0556. The van der Waals surface area contributed by atoms with Crippen molar-refractivity contribution >= 4 is 5.91 Å². The van der Waals surface area contributed by atoms with Gasteiger partial charge in [0.2, 0.25) is 11.7 Å². The smallest absolute Gasteiger partial charge is 0.351 e. The van der Waals surface area contributed by atoms with Crippen LogP contribution in [0.5, 0.6) is 0 Å². The van der Waals surface area contributed by atoms with Crippen LogP contribution in [0.15, 0.2) is 4.79 Å². The Bertz CT molecular complexity index is 775. The third kappa shape index (κ3) is 3.18. The maximum Gasteiger partial charge on any atom is 0.451 e. The molecule has 1 aromatic rings. The second kappa shape index (κ2) is 6.10. The molecule has 1 N–H and O–H groups in total. The van der Waals surface area contributed by atoms with Crippen molar-refractivity contribution in [2.24, 2.45) is 30.2 Å². The largest absolute Gasteiger partial charge is 0.451 e. The first-order valence-corrected chi connectivity index (χ1v) is 9.58. The number of nitrogens with zero attached hydrogens (tertiary/aromatic N) is 3. The number of amides is 1. The van der Waals surface area contributed by atoms with Gasteiger partial charge >= 0.3 is 11.9 Å². The molecule has 6 nitrogen and oxygen atoms in total. The number of aromatic nitrogens is 3. The van der Waals surface area contributed by atoms with Gasteiger partial charge < -0.3 is 5.32 Å². The third-order valence-electron chi connectivity index (χ3n) is 6.97. The molecule has 0 aliphatic heterocycles. The van der Waals surface area contributed by atoms with Crippen LogP contribution in [0.3, 0.4) is 0 Å². The second-order valence-electron chi connectivity index (χ2n) is 8.89. The fraction of sp³-hybridized carbons (Fsp3) is 0.833. The van der Waals surface area contributed by atoms with Crippen LogP contribution in [-0.2, 0) is 24.6 Å². The Balaban J connectivity index is 1.45. The summed E-state index contributed by atoms with van der Waals surface area (Å²) in [4.78, 5) is 24.4. The number of nitrogens with one attached hydrogen (secondary N) is 1. The molecule has 0 unspecified atom stereocenters. The van der Waals surface area contributed by atoms with E-state index in [2.05, 4.69) is 10.4 Å². The summed E-state index contributed by atoms with van der Waals surface area (Å²) in [5.74, 6) is 0.455. The molecule has 27 heavy (non-hydrogen) atoms. The molecule has 0 aromatic carbocycles. The molecule has 1 aromatic heterocycles. The average Bonchev–Trinajstić information content (AvgIpc) is 2.82. The van der Waals surface area contributed by atoms with Gasteiger partial charge in [0.1, 0.15) is 6.54 Å². The molecule has 1 heterocycles. The fourth-order valence-electron chi connectivity index (χ4n) is 6.12. The van der Waals surface area contributed by atoms with Gasteiger partial charge in [0.05, 0.1) is 0 Å². The zero-order valence-electron chi connectivity index (χ0n) is 15.6. The highest BCUT2D eigenvalue weighted by Gasteiger charge is 2.53. The highest BCUT2D eigenvalue weighted by Crippen LogP contribution is 2.61. The van der Waals surface area contributed by atoms with Gasteiger partial charge in [-0.15, -0.1) is 5.10 Å². The van der Waals surface area contributed by atoms with E-state index in [4.69, 9.17) is 0 Å². The van der Waals surface area contributed by atoms with Gasteiger partial charge in [-0.1, -0.05) is 0 Å². The van der Waals surface area contributed by atoms with Crippen molar-refractivity contribution in [2.75, 3.05) is 0 Å². The minimum absolute atomic E-state index is 0.0556. The van der Waals surface area contributed by atoms with Crippen molar-refractivity contribution in [3.8, 4) is 0 Å². The van der Waals surface area contributed by atoms with Gasteiger partial charge in [0.15, 0.2) is 0 Å². The summed E-state index contributed by atoms with van der Waals surface area (Å²) < 4.78 is 39.6. The van der Waals surface area contributed by atoms with Gasteiger partial charge in [0, 0.05) is 13.1 Å². The lowest BCUT2D eigenvalue weighted by atomic mass is 9.48. The quantitative estimate of drug-likeness (QED) is 0.864. The molecule has 0 spiro atoms. The molecule has 4 aliphatic carbocycles. The Kier molecular flexibility index (Phi) is 4.19.